The van der Waals surface area contributed by atoms with Crippen LogP contribution < -0.4 is 5.32 Å². The summed E-state index contributed by atoms with van der Waals surface area (Å²) in [6, 6.07) is 14.6. The first-order valence-corrected chi connectivity index (χ1v) is 11.8. The Morgan fingerprint density at radius 3 is 2.97 bits per heavy atom. The summed E-state index contributed by atoms with van der Waals surface area (Å²) in [6.45, 7) is 2.98. The smallest absolute Gasteiger partial charge is 0.240 e. The Morgan fingerprint density at radius 1 is 1.28 bits per heavy atom. The van der Waals surface area contributed by atoms with Crippen molar-refractivity contribution >= 4 is 32.6 Å². The molecule has 3 heterocycles. The van der Waals surface area contributed by atoms with Crippen molar-refractivity contribution in [2.24, 2.45) is 0 Å². The number of thiazole rings is 1. The Morgan fingerprint density at radius 2 is 2.16 bits per heavy atom. The summed E-state index contributed by atoms with van der Waals surface area (Å²) in [4.78, 5) is 19.2. The molecule has 6 nitrogen and oxygen atoms in total. The van der Waals surface area contributed by atoms with Crippen molar-refractivity contribution in [3.63, 3.8) is 0 Å². The minimum absolute atomic E-state index is 0.0859. The molecule has 3 aromatic rings. The van der Waals surface area contributed by atoms with Crippen molar-refractivity contribution in [1.82, 2.24) is 9.88 Å². The van der Waals surface area contributed by atoms with Gasteiger partial charge in [-0.25, -0.2) is 9.37 Å². The van der Waals surface area contributed by atoms with Crippen LogP contribution in [0.3, 0.4) is 0 Å². The molecular weight excluding hydrogens is 429 g/mol. The molecule has 2 aliphatic rings. The maximum Gasteiger partial charge on any atom is 0.240 e. The molecule has 2 saturated heterocycles. The van der Waals surface area contributed by atoms with E-state index in [-0.39, 0.29) is 30.0 Å². The molecule has 1 amide bonds. The number of nitrogens with one attached hydrogen (secondary N) is 1. The highest BCUT2D eigenvalue weighted by atomic mass is 32.1. The molecule has 0 bridgehead atoms. The van der Waals surface area contributed by atoms with Gasteiger partial charge in [0.1, 0.15) is 5.82 Å². The number of aromatic nitrogens is 1. The second kappa shape index (κ2) is 9.23. The van der Waals surface area contributed by atoms with Crippen LogP contribution in [0.5, 0.6) is 0 Å². The zero-order valence-electron chi connectivity index (χ0n) is 17.8. The summed E-state index contributed by atoms with van der Waals surface area (Å²) in [7, 11) is 0. The van der Waals surface area contributed by atoms with Gasteiger partial charge < -0.3 is 14.8 Å². The number of benzene rings is 2. The van der Waals surface area contributed by atoms with Crippen LogP contribution in [0.1, 0.15) is 24.8 Å². The van der Waals surface area contributed by atoms with Gasteiger partial charge in [-0.2, -0.15) is 0 Å². The van der Waals surface area contributed by atoms with E-state index in [0.29, 0.717) is 28.5 Å². The van der Waals surface area contributed by atoms with Crippen LogP contribution in [0.15, 0.2) is 48.5 Å². The predicted octanol–water partition coefficient (Wildman–Crippen LogP) is 4.21. The fraction of sp³-hybridized carbons (Fsp3) is 0.417. The van der Waals surface area contributed by atoms with Crippen LogP contribution in [0.4, 0.5) is 9.52 Å². The van der Waals surface area contributed by atoms with Crippen LogP contribution in [0, 0.1) is 5.82 Å². The zero-order chi connectivity index (χ0) is 22.0. The first kappa shape index (κ1) is 21.5. The number of amides is 1. The van der Waals surface area contributed by atoms with E-state index in [2.05, 4.69) is 27.3 Å². The molecule has 1 spiro atoms. The second-order valence-corrected chi connectivity index (χ2v) is 9.50. The standard InChI is InChI=1S/C24H26FN3O3S/c25-18-7-8-19-20(13-18)32-23(26-19)27-22(29)15-28-11-10-24(9-4-12-31-24)21(14-28)30-16-17-5-2-1-3-6-17/h1-3,5-8,13,21H,4,9-12,14-16H2,(H,26,27,29)/t21-,24-/m1/s1. The molecule has 5 rings (SSSR count). The summed E-state index contributed by atoms with van der Waals surface area (Å²) in [6.07, 6.45) is 2.80. The largest absolute Gasteiger partial charge is 0.372 e. The fourth-order valence-electron chi connectivity index (χ4n) is 4.60. The summed E-state index contributed by atoms with van der Waals surface area (Å²) in [5, 5.41) is 3.35. The number of fused-ring (bicyclic) bond motifs is 1. The Bertz CT molecular complexity index is 1080. The minimum atomic E-state index is -0.308. The van der Waals surface area contributed by atoms with Crippen molar-refractivity contribution in [1.29, 1.82) is 0 Å². The molecule has 0 unspecified atom stereocenters. The van der Waals surface area contributed by atoms with Gasteiger partial charge in [0, 0.05) is 19.7 Å². The molecular formula is C24H26FN3O3S. The van der Waals surface area contributed by atoms with Crippen molar-refractivity contribution in [3.05, 3.63) is 59.9 Å². The number of halogens is 1. The fourth-order valence-corrected chi connectivity index (χ4v) is 5.51. The molecule has 2 fully saturated rings. The van der Waals surface area contributed by atoms with Gasteiger partial charge in [0.2, 0.25) is 5.91 Å². The maximum atomic E-state index is 13.4. The molecule has 2 atom stereocenters. The van der Waals surface area contributed by atoms with Crippen molar-refractivity contribution < 1.29 is 18.7 Å². The van der Waals surface area contributed by atoms with Crippen molar-refractivity contribution in [2.45, 2.75) is 37.6 Å². The third-order valence-electron chi connectivity index (χ3n) is 6.25. The van der Waals surface area contributed by atoms with E-state index in [1.807, 2.05) is 18.2 Å². The number of hydrogen-bond donors (Lipinski definition) is 1. The lowest BCUT2D eigenvalue weighted by Crippen LogP contribution is -2.57. The first-order chi connectivity index (χ1) is 15.6. The topological polar surface area (TPSA) is 63.7 Å². The van der Waals surface area contributed by atoms with E-state index in [9.17, 15) is 9.18 Å². The van der Waals surface area contributed by atoms with Gasteiger partial charge in [-0.3, -0.25) is 9.69 Å². The third kappa shape index (κ3) is 4.68. The lowest BCUT2D eigenvalue weighted by Gasteiger charge is -2.44. The number of carbonyl (C=O) groups is 1. The highest BCUT2D eigenvalue weighted by Crippen LogP contribution is 2.38. The first-order valence-electron chi connectivity index (χ1n) is 11.0. The van der Waals surface area contributed by atoms with E-state index < -0.39 is 0 Å². The van der Waals surface area contributed by atoms with Crippen molar-refractivity contribution in [3.8, 4) is 0 Å². The van der Waals surface area contributed by atoms with E-state index >= 15 is 0 Å². The summed E-state index contributed by atoms with van der Waals surface area (Å²) < 4.78 is 26.7. The van der Waals surface area contributed by atoms with E-state index in [1.165, 1.54) is 23.5 Å². The quantitative estimate of drug-likeness (QED) is 0.603. The lowest BCUT2D eigenvalue weighted by molar-refractivity contribution is -0.159. The summed E-state index contributed by atoms with van der Waals surface area (Å²) in [5.41, 5.74) is 1.56. The number of hydrogen-bond acceptors (Lipinski definition) is 6. The number of anilines is 1. The van der Waals surface area contributed by atoms with Crippen LogP contribution in [0.2, 0.25) is 0 Å². The zero-order valence-corrected chi connectivity index (χ0v) is 18.6. The Labute approximate surface area is 190 Å². The van der Waals surface area contributed by atoms with E-state index in [4.69, 9.17) is 9.47 Å². The van der Waals surface area contributed by atoms with E-state index in [0.717, 1.165) is 38.0 Å². The lowest BCUT2D eigenvalue weighted by atomic mass is 9.85. The van der Waals surface area contributed by atoms with Gasteiger partial charge in [-0.1, -0.05) is 41.7 Å². The molecule has 0 saturated carbocycles. The van der Waals surface area contributed by atoms with Crippen LogP contribution >= 0.6 is 11.3 Å². The Balaban J connectivity index is 1.22. The molecule has 1 aromatic heterocycles. The number of carbonyl (C=O) groups excluding carboxylic acids is 1. The second-order valence-electron chi connectivity index (χ2n) is 8.47. The van der Waals surface area contributed by atoms with Gasteiger partial charge in [0.25, 0.3) is 0 Å². The molecule has 0 radical (unpaired) electrons. The van der Waals surface area contributed by atoms with E-state index in [1.54, 1.807) is 6.07 Å². The number of ether oxygens (including phenoxy) is 2. The predicted molar refractivity (Wildman–Crippen MR) is 122 cm³/mol. The number of likely N-dealkylation sites (tertiary alicyclic amines) is 1. The van der Waals surface area contributed by atoms with Crippen LogP contribution in [-0.4, -0.2) is 53.7 Å². The molecule has 0 aliphatic carbocycles. The number of rotatable bonds is 6. The summed E-state index contributed by atoms with van der Waals surface area (Å²) >= 11 is 1.28. The maximum absolute atomic E-state index is 13.4. The van der Waals surface area contributed by atoms with Gasteiger partial charge in [-0.15, -0.1) is 0 Å². The Hall–Kier alpha value is -2.39. The summed E-state index contributed by atoms with van der Waals surface area (Å²) in [5.74, 6) is -0.438. The number of piperidine rings is 1. The monoisotopic (exact) mass is 455 g/mol. The average molecular weight is 456 g/mol. The van der Waals surface area contributed by atoms with Gasteiger partial charge in [0.05, 0.1) is 35.1 Å². The Kier molecular flexibility index (Phi) is 6.19. The minimum Gasteiger partial charge on any atom is -0.372 e. The van der Waals surface area contributed by atoms with Gasteiger partial charge in [0.15, 0.2) is 5.13 Å². The molecule has 2 aliphatic heterocycles. The molecule has 32 heavy (non-hydrogen) atoms. The third-order valence-corrected chi connectivity index (χ3v) is 7.19. The molecule has 168 valence electrons. The molecule has 8 heteroatoms. The SMILES string of the molecule is O=C(CN1CC[C@]2(CCCO2)[C@H](OCc2ccccc2)C1)Nc1nc2ccc(F)cc2s1. The van der Waals surface area contributed by atoms with Crippen molar-refractivity contribution in [2.75, 3.05) is 31.6 Å². The highest BCUT2D eigenvalue weighted by Gasteiger charge is 2.47. The van der Waals surface area contributed by atoms with Crippen LogP contribution in [-0.2, 0) is 20.9 Å². The van der Waals surface area contributed by atoms with Gasteiger partial charge in [-0.05, 0) is 43.0 Å². The highest BCUT2D eigenvalue weighted by molar-refractivity contribution is 7.22. The number of nitrogens with zero attached hydrogens (tertiary/aromatic N) is 2. The average Bonchev–Trinajstić information content (AvgIpc) is 3.41. The molecule has 1 N–H and O–H groups in total. The van der Waals surface area contributed by atoms with Crippen LogP contribution in [0.25, 0.3) is 10.2 Å². The normalized spacial score (nSPS) is 23.7. The molecule has 2 aromatic carbocycles. The van der Waals surface area contributed by atoms with Gasteiger partial charge >= 0.3 is 0 Å².